The molecule has 0 saturated carbocycles. The number of nitrogens with one attached hydrogen (secondary N) is 4. The van der Waals surface area contributed by atoms with Gasteiger partial charge in [0, 0.05) is 39.6 Å². The molecule has 1 atom stereocenters. The van der Waals surface area contributed by atoms with Crippen molar-refractivity contribution in [3.8, 4) is 0 Å². The van der Waals surface area contributed by atoms with Gasteiger partial charge < -0.3 is 21.3 Å². The minimum atomic E-state index is -0.318. The molecule has 158 valence electrons. The van der Waals surface area contributed by atoms with Gasteiger partial charge in [0.1, 0.15) is 4.88 Å². The molecule has 0 radical (unpaired) electrons. The molecule has 3 aromatic rings. The fraction of sp³-hybridized carbons (Fsp3) is 0.174. The number of amides is 3. The van der Waals surface area contributed by atoms with Crippen LogP contribution in [0.15, 0.2) is 49.1 Å². The Morgan fingerprint density at radius 1 is 1.19 bits per heavy atom. The molecule has 0 fully saturated rings. The first-order valence-electron chi connectivity index (χ1n) is 9.82. The average molecular weight is 435 g/mol. The number of hydrogen-bond donors (Lipinski definition) is 4. The Bertz CT molecular complexity index is 1230. The lowest BCUT2D eigenvalue weighted by Crippen LogP contribution is -2.34. The van der Waals surface area contributed by atoms with Crippen LogP contribution in [0.2, 0.25) is 0 Å². The molecule has 0 unspecified atom stereocenters. The zero-order valence-corrected chi connectivity index (χ0v) is 18.0. The van der Waals surface area contributed by atoms with Crippen molar-refractivity contribution < 1.29 is 14.4 Å². The van der Waals surface area contributed by atoms with Gasteiger partial charge >= 0.3 is 0 Å². The highest BCUT2D eigenvalue weighted by Crippen LogP contribution is 2.37. The number of fused-ring (bicyclic) bond motifs is 3. The number of aryl methyl sites for hydroxylation is 1. The second-order valence-electron chi connectivity index (χ2n) is 7.45. The average Bonchev–Trinajstić information content (AvgIpc) is 3.05. The van der Waals surface area contributed by atoms with E-state index < -0.39 is 0 Å². The van der Waals surface area contributed by atoms with Crippen molar-refractivity contribution >= 4 is 56.2 Å². The summed E-state index contributed by atoms with van der Waals surface area (Å²) in [7, 11) is 0. The maximum absolute atomic E-state index is 12.9. The van der Waals surface area contributed by atoms with Crippen LogP contribution >= 0.6 is 11.3 Å². The number of benzene rings is 2. The molecule has 8 heteroatoms. The lowest BCUT2D eigenvalue weighted by atomic mass is 10.1. The van der Waals surface area contributed by atoms with Crippen LogP contribution in [0.1, 0.15) is 32.5 Å². The fourth-order valence-electron chi connectivity index (χ4n) is 3.39. The smallest absolute Gasteiger partial charge is 0.263 e. The first-order valence-corrected chi connectivity index (χ1v) is 10.6. The van der Waals surface area contributed by atoms with E-state index in [-0.39, 0.29) is 23.8 Å². The van der Waals surface area contributed by atoms with Crippen molar-refractivity contribution in [1.82, 2.24) is 5.32 Å². The molecular formula is C23H22N4O3S. The van der Waals surface area contributed by atoms with Gasteiger partial charge in [-0.05, 0) is 55.8 Å². The van der Waals surface area contributed by atoms with Gasteiger partial charge in [-0.15, -0.1) is 11.3 Å². The molecule has 31 heavy (non-hydrogen) atoms. The summed E-state index contributed by atoms with van der Waals surface area (Å²) in [5.74, 6) is -0.701. The van der Waals surface area contributed by atoms with Crippen LogP contribution in [0.5, 0.6) is 0 Å². The molecule has 2 heterocycles. The normalized spacial score (nSPS) is 15.3. The fourth-order valence-corrected chi connectivity index (χ4v) is 4.45. The molecule has 0 aliphatic carbocycles. The third kappa shape index (κ3) is 4.15. The molecule has 3 amide bonds. The molecule has 0 bridgehead atoms. The molecule has 0 saturated heterocycles. The van der Waals surface area contributed by atoms with E-state index in [0.29, 0.717) is 28.4 Å². The summed E-state index contributed by atoms with van der Waals surface area (Å²) < 4.78 is 0.934. The summed E-state index contributed by atoms with van der Waals surface area (Å²) in [5, 5.41) is 12.7. The monoisotopic (exact) mass is 434 g/mol. The SMILES string of the molecule is C=CC(=O)Nc1cc(NC(=O)c2ccc3sc4c(c3c2)NC[C@@H](C)NC4=O)ccc1C. The summed E-state index contributed by atoms with van der Waals surface area (Å²) in [5.41, 5.74) is 3.27. The molecule has 1 aliphatic heterocycles. The Hall–Kier alpha value is -3.65. The summed E-state index contributed by atoms with van der Waals surface area (Å²) >= 11 is 1.40. The molecule has 4 N–H and O–H groups in total. The van der Waals surface area contributed by atoms with Gasteiger partial charge in [-0.3, -0.25) is 14.4 Å². The van der Waals surface area contributed by atoms with E-state index in [1.54, 1.807) is 24.3 Å². The minimum absolute atomic E-state index is 0.0194. The van der Waals surface area contributed by atoms with Crippen LogP contribution < -0.4 is 21.3 Å². The molecule has 2 aromatic carbocycles. The highest BCUT2D eigenvalue weighted by molar-refractivity contribution is 7.21. The molecular weight excluding hydrogens is 412 g/mol. The second-order valence-corrected chi connectivity index (χ2v) is 8.50. The Morgan fingerprint density at radius 2 is 2.00 bits per heavy atom. The number of carbonyl (C=O) groups is 3. The summed E-state index contributed by atoms with van der Waals surface area (Å²) in [4.78, 5) is 37.6. The molecule has 7 nitrogen and oxygen atoms in total. The molecule has 0 spiro atoms. The van der Waals surface area contributed by atoms with Crippen molar-refractivity contribution in [2.45, 2.75) is 19.9 Å². The number of hydrogen-bond acceptors (Lipinski definition) is 5. The zero-order chi connectivity index (χ0) is 22.1. The van der Waals surface area contributed by atoms with Crippen LogP contribution in [0, 0.1) is 6.92 Å². The maximum atomic E-state index is 12.9. The predicted octanol–water partition coefficient (Wildman–Crippen LogP) is 4.13. The lowest BCUT2D eigenvalue weighted by molar-refractivity contribution is -0.111. The van der Waals surface area contributed by atoms with E-state index in [4.69, 9.17) is 0 Å². The molecule has 1 aliphatic rings. The standard InChI is InChI=1S/C23H22N4O3S/c1-4-19(28)27-17-10-15(7-5-12(17)2)26-22(29)14-6-8-18-16(9-14)20-21(31-18)23(30)25-13(3)11-24-20/h4-10,13,24H,1,11H2,2-3H3,(H,25,30)(H,26,29)(H,27,28)/t13-/m1/s1. The van der Waals surface area contributed by atoms with E-state index >= 15 is 0 Å². The molecule has 4 rings (SSSR count). The summed E-state index contributed by atoms with van der Waals surface area (Å²) in [6.07, 6.45) is 1.19. The quantitative estimate of drug-likeness (QED) is 0.464. The van der Waals surface area contributed by atoms with Crippen LogP contribution in [0.4, 0.5) is 17.1 Å². The van der Waals surface area contributed by atoms with Crippen molar-refractivity contribution in [1.29, 1.82) is 0 Å². The third-order valence-corrected chi connectivity index (χ3v) is 6.23. The highest BCUT2D eigenvalue weighted by Gasteiger charge is 2.24. The van der Waals surface area contributed by atoms with Gasteiger partial charge in [0.05, 0.1) is 5.69 Å². The number of rotatable bonds is 4. The van der Waals surface area contributed by atoms with Crippen molar-refractivity contribution in [2.24, 2.45) is 0 Å². The van der Waals surface area contributed by atoms with E-state index in [9.17, 15) is 14.4 Å². The second kappa shape index (κ2) is 8.23. The van der Waals surface area contributed by atoms with Gasteiger partial charge in [0.25, 0.3) is 11.8 Å². The van der Waals surface area contributed by atoms with Gasteiger partial charge in [-0.1, -0.05) is 12.6 Å². The van der Waals surface area contributed by atoms with Crippen molar-refractivity contribution in [3.05, 3.63) is 65.1 Å². The number of carbonyl (C=O) groups excluding carboxylic acids is 3. The Labute approximate surface area is 183 Å². The van der Waals surface area contributed by atoms with Gasteiger partial charge in [0.15, 0.2) is 0 Å². The first-order chi connectivity index (χ1) is 14.9. The number of thiophene rings is 1. The van der Waals surface area contributed by atoms with E-state index in [2.05, 4.69) is 27.8 Å². The van der Waals surface area contributed by atoms with Gasteiger partial charge in [-0.25, -0.2) is 0 Å². The van der Waals surface area contributed by atoms with Crippen LogP contribution in [0.25, 0.3) is 10.1 Å². The topological polar surface area (TPSA) is 99.3 Å². The number of anilines is 3. The van der Waals surface area contributed by atoms with Crippen LogP contribution in [-0.4, -0.2) is 30.3 Å². The highest BCUT2D eigenvalue weighted by atomic mass is 32.1. The Balaban J connectivity index is 1.62. The van der Waals surface area contributed by atoms with Crippen molar-refractivity contribution in [2.75, 3.05) is 22.5 Å². The maximum Gasteiger partial charge on any atom is 0.263 e. The van der Waals surface area contributed by atoms with E-state index in [1.807, 2.05) is 26.0 Å². The lowest BCUT2D eigenvalue weighted by Gasteiger charge is -2.11. The first kappa shape index (κ1) is 20.6. The minimum Gasteiger partial charge on any atom is -0.381 e. The third-order valence-electron chi connectivity index (χ3n) is 5.06. The summed E-state index contributed by atoms with van der Waals surface area (Å²) in [6.45, 7) is 7.87. The van der Waals surface area contributed by atoms with Crippen LogP contribution in [0.3, 0.4) is 0 Å². The Kier molecular flexibility index (Phi) is 5.48. The predicted molar refractivity (Wildman–Crippen MR) is 125 cm³/mol. The van der Waals surface area contributed by atoms with Crippen LogP contribution in [-0.2, 0) is 4.79 Å². The largest absolute Gasteiger partial charge is 0.381 e. The van der Waals surface area contributed by atoms with E-state index in [0.717, 1.165) is 21.3 Å². The Morgan fingerprint density at radius 3 is 2.77 bits per heavy atom. The van der Waals surface area contributed by atoms with Gasteiger partial charge in [0.2, 0.25) is 5.91 Å². The zero-order valence-electron chi connectivity index (χ0n) is 17.2. The van der Waals surface area contributed by atoms with Gasteiger partial charge in [-0.2, -0.15) is 0 Å². The van der Waals surface area contributed by atoms with Crippen molar-refractivity contribution in [3.63, 3.8) is 0 Å². The summed E-state index contributed by atoms with van der Waals surface area (Å²) in [6, 6.07) is 10.7. The molecule has 1 aromatic heterocycles. The van der Waals surface area contributed by atoms with E-state index in [1.165, 1.54) is 17.4 Å².